The van der Waals surface area contributed by atoms with Crippen molar-refractivity contribution >= 4 is 11.4 Å². The summed E-state index contributed by atoms with van der Waals surface area (Å²) in [5, 5.41) is 3.14. The Kier molecular flexibility index (Phi) is 5.84. The first-order valence-corrected chi connectivity index (χ1v) is 6.51. The van der Waals surface area contributed by atoms with E-state index < -0.39 is 0 Å². The van der Waals surface area contributed by atoms with Crippen LogP contribution < -0.4 is 10.2 Å². The summed E-state index contributed by atoms with van der Waals surface area (Å²) < 4.78 is 0. The van der Waals surface area contributed by atoms with Crippen molar-refractivity contribution in [3.05, 3.63) is 24.3 Å². The summed E-state index contributed by atoms with van der Waals surface area (Å²) >= 11 is 0. The fourth-order valence-corrected chi connectivity index (χ4v) is 1.90. The molecule has 1 aliphatic rings. The van der Waals surface area contributed by atoms with E-state index >= 15 is 0 Å². The fourth-order valence-electron chi connectivity index (χ4n) is 1.90. The van der Waals surface area contributed by atoms with E-state index in [1.807, 2.05) is 20.9 Å². The molecule has 1 N–H and O–H groups in total. The van der Waals surface area contributed by atoms with Crippen LogP contribution in [0.25, 0.3) is 0 Å². The van der Waals surface area contributed by atoms with Gasteiger partial charge in [0.2, 0.25) is 0 Å². The lowest BCUT2D eigenvalue weighted by Gasteiger charge is -2.34. The number of hydrogen-bond acceptors (Lipinski definition) is 3. The van der Waals surface area contributed by atoms with Gasteiger partial charge < -0.3 is 15.1 Å². The maximum absolute atomic E-state index is 3.14. The van der Waals surface area contributed by atoms with Gasteiger partial charge in [-0.15, -0.1) is 0 Å². The Bertz CT molecular complexity index is 300. The molecule has 1 heterocycles. The number of hydrogen-bond donors (Lipinski definition) is 1. The van der Waals surface area contributed by atoms with Gasteiger partial charge in [0.1, 0.15) is 0 Å². The van der Waals surface area contributed by atoms with Gasteiger partial charge in [0.25, 0.3) is 0 Å². The van der Waals surface area contributed by atoms with Crippen molar-refractivity contribution in [2.45, 2.75) is 13.8 Å². The number of anilines is 2. The topological polar surface area (TPSA) is 18.5 Å². The maximum atomic E-state index is 3.14. The number of nitrogens with zero attached hydrogens (tertiary/aromatic N) is 2. The molecule has 96 valence electrons. The zero-order valence-electron chi connectivity index (χ0n) is 11.5. The maximum Gasteiger partial charge on any atom is 0.0368 e. The Morgan fingerprint density at radius 1 is 0.941 bits per heavy atom. The van der Waals surface area contributed by atoms with Gasteiger partial charge in [-0.05, 0) is 31.3 Å². The van der Waals surface area contributed by atoms with Crippen molar-refractivity contribution in [2.75, 3.05) is 50.5 Å². The van der Waals surface area contributed by atoms with Gasteiger partial charge in [-0.1, -0.05) is 13.8 Å². The molecule has 0 unspecified atom stereocenters. The summed E-state index contributed by atoms with van der Waals surface area (Å²) in [6.07, 6.45) is 0. The van der Waals surface area contributed by atoms with Crippen molar-refractivity contribution in [3.8, 4) is 0 Å². The predicted octanol–water partition coefficient (Wildman–Crippen LogP) is 2.51. The van der Waals surface area contributed by atoms with Gasteiger partial charge in [-0.25, -0.2) is 0 Å². The van der Waals surface area contributed by atoms with Crippen LogP contribution in [0.3, 0.4) is 0 Å². The lowest BCUT2D eigenvalue weighted by Crippen LogP contribution is -2.44. The molecule has 1 aromatic carbocycles. The molecular formula is C14H25N3. The molecule has 1 fully saturated rings. The van der Waals surface area contributed by atoms with Crippen LogP contribution in [0.2, 0.25) is 0 Å². The summed E-state index contributed by atoms with van der Waals surface area (Å²) in [6.45, 7) is 8.59. The largest absolute Gasteiger partial charge is 0.388 e. The molecule has 3 nitrogen and oxygen atoms in total. The van der Waals surface area contributed by atoms with Crippen molar-refractivity contribution in [1.29, 1.82) is 0 Å². The van der Waals surface area contributed by atoms with E-state index in [-0.39, 0.29) is 0 Å². The minimum absolute atomic E-state index is 1.13. The van der Waals surface area contributed by atoms with Crippen LogP contribution in [-0.4, -0.2) is 45.2 Å². The van der Waals surface area contributed by atoms with E-state index in [0.717, 1.165) is 26.2 Å². The molecule has 0 aromatic heterocycles. The lowest BCUT2D eigenvalue weighted by molar-refractivity contribution is 0.313. The first-order valence-electron chi connectivity index (χ1n) is 6.51. The summed E-state index contributed by atoms with van der Waals surface area (Å²) in [5.74, 6) is 0. The Hall–Kier alpha value is -1.22. The highest BCUT2D eigenvalue weighted by Crippen LogP contribution is 2.18. The molecule has 1 aromatic rings. The van der Waals surface area contributed by atoms with Crippen LogP contribution >= 0.6 is 0 Å². The Balaban J connectivity index is 0.000000686. The minimum Gasteiger partial charge on any atom is -0.388 e. The molecule has 3 heteroatoms. The van der Waals surface area contributed by atoms with E-state index in [1.54, 1.807) is 0 Å². The third-order valence-electron chi connectivity index (χ3n) is 3.02. The van der Waals surface area contributed by atoms with Crippen LogP contribution in [-0.2, 0) is 0 Å². The highest BCUT2D eigenvalue weighted by atomic mass is 15.2. The van der Waals surface area contributed by atoms with E-state index in [9.17, 15) is 0 Å². The second kappa shape index (κ2) is 7.17. The van der Waals surface area contributed by atoms with Crippen LogP contribution in [0.15, 0.2) is 24.3 Å². The number of nitrogens with one attached hydrogen (secondary N) is 1. The van der Waals surface area contributed by atoms with Crippen LogP contribution in [0.4, 0.5) is 11.4 Å². The number of likely N-dealkylation sites (N-methyl/N-ethyl adjacent to an activating group) is 1. The van der Waals surface area contributed by atoms with Gasteiger partial charge in [0.15, 0.2) is 0 Å². The van der Waals surface area contributed by atoms with Crippen LogP contribution in [0.5, 0.6) is 0 Å². The number of rotatable bonds is 2. The third kappa shape index (κ3) is 3.93. The summed E-state index contributed by atoms with van der Waals surface area (Å²) in [7, 11) is 4.13. The first kappa shape index (κ1) is 13.8. The molecule has 0 amide bonds. The zero-order valence-corrected chi connectivity index (χ0v) is 11.5. The minimum atomic E-state index is 1.13. The molecule has 0 saturated carbocycles. The first-order chi connectivity index (χ1) is 8.29. The average molecular weight is 235 g/mol. The molecule has 0 atom stereocenters. The van der Waals surface area contributed by atoms with E-state index in [1.165, 1.54) is 11.4 Å². The molecular weight excluding hydrogens is 210 g/mol. The average Bonchev–Trinajstić information content (AvgIpc) is 2.42. The predicted molar refractivity (Wildman–Crippen MR) is 77.0 cm³/mol. The van der Waals surface area contributed by atoms with Crippen molar-refractivity contribution in [3.63, 3.8) is 0 Å². The van der Waals surface area contributed by atoms with Gasteiger partial charge in [0.05, 0.1) is 0 Å². The van der Waals surface area contributed by atoms with Gasteiger partial charge in [-0.3, -0.25) is 0 Å². The van der Waals surface area contributed by atoms with E-state index in [2.05, 4.69) is 46.4 Å². The van der Waals surface area contributed by atoms with E-state index in [0.29, 0.717) is 0 Å². The molecule has 17 heavy (non-hydrogen) atoms. The monoisotopic (exact) mass is 235 g/mol. The number of piperazine rings is 1. The molecule has 1 aliphatic heterocycles. The summed E-state index contributed by atoms with van der Waals surface area (Å²) in [6, 6.07) is 8.65. The van der Waals surface area contributed by atoms with Crippen molar-refractivity contribution < 1.29 is 0 Å². The SMILES string of the molecule is CC.CNc1ccc(N2CCN(C)CC2)cc1. The van der Waals surface area contributed by atoms with Gasteiger partial charge in [0, 0.05) is 44.6 Å². The zero-order chi connectivity index (χ0) is 12.7. The molecule has 0 spiro atoms. The smallest absolute Gasteiger partial charge is 0.0368 e. The molecule has 0 radical (unpaired) electrons. The molecule has 2 rings (SSSR count). The van der Waals surface area contributed by atoms with Gasteiger partial charge in [-0.2, -0.15) is 0 Å². The quantitative estimate of drug-likeness (QED) is 0.849. The van der Waals surface area contributed by atoms with E-state index in [4.69, 9.17) is 0 Å². The Morgan fingerprint density at radius 2 is 1.47 bits per heavy atom. The molecule has 0 bridgehead atoms. The summed E-state index contributed by atoms with van der Waals surface area (Å²) in [4.78, 5) is 4.82. The lowest BCUT2D eigenvalue weighted by atomic mass is 10.2. The molecule has 0 aliphatic carbocycles. The highest BCUT2D eigenvalue weighted by Gasteiger charge is 2.13. The van der Waals surface area contributed by atoms with Crippen molar-refractivity contribution in [1.82, 2.24) is 4.90 Å². The van der Waals surface area contributed by atoms with Crippen LogP contribution in [0, 0.1) is 0 Å². The molecule has 1 saturated heterocycles. The second-order valence-corrected chi connectivity index (χ2v) is 4.09. The highest BCUT2D eigenvalue weighted by molar-refractivity contribution is 5.55. The Labute approximate surface area is 105 Å². The standard InChI is InChI=1S/C12H19N3.C2H6/c1-13-11-3-5-12(6-4-11)15-9-7-14(2)8-10-15;1-2/h3-6,13H,7-10H2,1-2H3;1-2H3. The third-order valence-corrected chi connectivity index (χ3v) is 3.02. The fraction of sp³-hybridized carbons (Fsp3) is 0.571. The number of benzene rings is 1. The normalized spacial score (nSPS) is 16.1. The van der Waals surface area contributed by atoms with Crippen LogP contribution in [0.1, 0.15) is 13.8 Å². The Morgan fingerprint density at radius 3 is 1.94 bits per heavy atom. The second-order valence-electron chi connectivity index (χ2n) is 4.09. The van der Waals surface area contributed by atoms with Gasteiger partial charge >= 0.3 is 0 Å². The summed E-state index contributed by atoms with van der Waals surface area (Å²) in [5.41, 5.74) is 2.51. The van der Waals surface area contributed by atoms with Crippen molar-refractivity contribution in [2.24, 2.45) is 0 Å².